The molecule has 0 aromatic carbocycles. The van der Waals surface area contributed by atoms with Gasteiger partial charge in [0.2, 0.25) is 0 Å². The van der Waals surface area contributed by atoms with Crippen molar-refractivity contribution in [3.63, 3.8) is 0 Å². The number of carboxylic acid groups (broad SMARTS) is 1. The summed E-state index contributed by atoms with van der Waals surface area (Å²) in [5, 5.41) is 9.49. The molecule has 0 bridgehead atoms. The molecule has 1 atom stereocenters. The van der Waals surface area contributed by atoms with Crippen molar-refractivity contribution in [2.24, 2.45) is 5.41 Å². The average molecular weight is 265 g/mol. The summed E-state index contributed by atoms with van der Waals surface area (Å²) in [6.45, 7) is 5.83. The van der Waals surface area contributed by atoms with E-state index in [1.165, 1.54) is 0 Å². The summed E-state index contributed by atoms with van der Waals surface area (Å²) >= 11 is 0. The number of rotatable bonds is 5. The number of carbonyl (C=O) groups is 1. The first-order valence-corrected chi connectivity index (χ1v) is 7.10. The maximum atomic E-state index is 11.5. The first-order chi connectivity index (χ1) is 9.09. The number of piperidine rings is 1. The lowest BCUT2D eigenvalue weighted by atomic mass is 9.74. The minimum atomic E-state index is -0.625. The number of nitrogens with zero attached hydrogens (tertiary/aromatic N) is 1. The van der Waals surface area contributed by atoms with Gasteiger partial charge in [0.25, 0.3) is 0 Å². The molecule has 0 radical (unpaired) electrons. The lowest BCUT2D eigenvalue weighted by Gasteiger charge is -2.40. The zero-order valence-corrected chi connectivity index (χ0v) is 11.8. The van der Waals surface area contributed by atoms with Gasteiger partial charge in [-0.3, -0.25) is 9.69 Å². The van der Waals surface area contributed by atoms with Crippen LogP contribution in [-0.2, 0) is 4.79 Å². The summed E-state index contributed by atoms with van der Waals surface area (Å²) < 4.78 is 5.44. The maximum Gasteiger partial charge on any atom is 0.309 e. The predicted octanol–water partition coefficient (Wildman–Crippen LogP) is 3.31. The lowest BCUT2D eigenvalue weighted by molar-refractivity contribution is -0.153. The van der Waals surface area contributed by atoms with E-state index in [4.69, 9.17) is 4.42 Å². The van der Waals surface area contributed by atoms with E-state index in [1.807, 2.05) is 12.1 Å². The number of carboxylic acids is 1. The van der Waals surface area contributed by atoms with Gasteiger partial charge in [0, 0.05) is 0 Å². The van der Waals surface area contributed by atoms with E-state index in [-0.39, 0.29) is 6.04 Å². The summed E-state index contributed by atoms with van der Waals surface area (Å²) in [6.07, 6.45) is 4.88. The van der Waals surface area contributed by atoms with Crippen LogP contribution in [0.5, 0.6) is 0 Å². The average Bonchev–Trinajstić information content (AvgIpc) is 2.93. The molecule has 19 heavy (non-hydrogen) atoms. The number of furan rings is 1. The van der Waals surface area contributed by atoms with E-state index >= 15 is 0 Å². The van der Waals surface area contributed by atoms with Crippen molar-refractivity contribution in [2.75, 3.05) is 13.1 Å². The third-order valence-corrected chi connectivity index (χ3v) is 4.44. The molecule has 1 fully saturated rings. The molecule has 4 heteroatoms. The summed E-state index contributed by atoms with van der Waals surface area (Å²) in [7, 11) is 0. The van der Waals surface area contributed by atoms with E-state index < -0.39 is 11.4 Å². The molecule has 2 heterocycles. The Balaban J connectivity index is 2.00. The van der Waals surface area contributed by atoms with E-state index in [0.717, 1.165) is 44.5 Å². The second-order valence-electron chi connectivity index (χ2n) is 5.56. The van der Waals surface area contributed by atoms with E-state index in [9.17, 15) is 9.90 Å². The minimum absolute atomic E-state index is 0.225. The van der Waals surface area contributed by atoms with Crippen LogP contribution in [0.15, 0.2) is 22.8 Å². The standard InChI is InChI=1S/C15H23NO3/c1-3-6-15(14(17)18)7-9-16(10-8-15)12(2)13-5-4-11-19-13/h4-5,11-12H,3,6-10H2,1-2H3,(H,17,18). The van der Waals surface area contributed by atoms with Crippen molar-refractivity contribution in [1.29, 1.82) is 0 Å². The monoisotopic (exact) mass is 265 g/mol. The normalized spacial score (nSPS) is 21.2. The topological polar surface area (TPSA) is 53.7 Å². The SMILES string of the molecule is CCCC1(C(=O)O)CCN(C(C)c2ccco2)CC1. The Morgan fingerprint density at radius 2 is 2.21 bits per heavy atom. The number of hydrogen-bond donors (Lipinski definition) is 1. The molecule has 1 aliphatic heterocycles. The fourth-order valence-corrected chi connectivity index (χ4v) is 3.10. The van der Waals surface area contributed by atoms with Crippen LogP contribution in [0.25, 0.3) is 0 Å². The summed E-state index contributed by atoms with van der Waals surface area (Å²) in [5.41, 5.74) is -0.506. The molecule has 1 saturated heterocycles. The van der Waals surface area contributed by atoms with Crippen molar-refractivity contribution in [1.82, 2.24) is 4.90 Å². The molecule has 0 aliphatic carbocycles. The molecule has 1 aromatic heterocycles. The largest absolute Gasteiger partial charge is 0.481 e. The van der Waals surface area contributed by atoms with Crippen LogP contribution in [0, 0.1) is 5.41 Å². The molecule has 0 saturated carbocycles. The second kappa shape index (κ2) is 5.78. The Hall–Kier alpha value is -1.29. The zero-order valence-electron chi connectivity index (χ0n) is 11.8. The molecule has 0 amide bonds. The van der Waals surface area contributed by atoms with Crippen LogP contribution < -0.4 is 0 Å². The Morgan fingerprint density at radius 1 is 1.53 bits per heavy atom. The van der Waals surface area contributed by atoms with Gasteiger partial charge in [-0.1, -0.05) is 13.3 Å². The number of likely N-dealkylation sites (tertiary alicyclic amines) is 1. The van der Waals surface area contributed by atoms with Crippen LogP contribution >= 0.6 is 0 Å². The Kier molecular flexibility index (Phi) is 4.30. The maximum absolute atomic E-state index is 11.5. The van der Waals surface area contributed by atoms with Gasteiger partial charge in [-0.05, 0) is 51.4 Å². The van der Waals surface area contributed by atoms with Gasteiger partial charge in [-0.2, -0.15) is 0 Å². The van der Waals surface area contributed by atoms with Crippen LogP contribution in [-0.4, -0.2) is 29.1 Å². The van der Waals surface area contributed by atoms with Crippen LogP contribution in [0.4, 0.5) is 0 Å². The molecule has 1 unspecified atom stereocenters. The third kappa shape index (κ3) is 2.84. The predicted molar refractivity (Wildman–Crippen MR) is 72.9 cm³/mol. The second-order valence-corrected chi connectivity index (χ2v) is 5.56. The van der Waals surface area contributed by atoms with Crippen molar-refractivity contribution >= 4 is 5.97 Å². The molecule has 0 spiro atoms. The highest BCUT2D eigenvalue weighted by molar-refractivity contribution is 5.74. The van der Waals surface area contributed by atoms with E-state index in [2.05, 4.69) is 18.7 Å². The van der Waals surface area contributed by atoms with Crippen molar-refractivity contribution in [3.05, 3.63) is 24.2 Å². The van der Waals surface area contributed by atoms with Crippen LogP contribution in [0.1, 0.15) is 51.3 Å². The number of aliphatic carboxylic acids is 1. The Bertz CT molecular complexity index is 405. The minimum Gasteiger partial charge on any atom is -0.481 e. The fraction of sp³-hybridized carbons (Fsp3) is 0.667. The molecule has 1 aromatic rings. The Morgan fingerprint density at radius 3 is 2.68 bits per heavy atom. The highest BCUT2D eigenvalue weighted by Gasteiger charge is 2.41. The summed E-state index contributed by atoms with van der Waals surface area (Å²) in [5.74, 6) is 0.331. The first-order valence-electron chi connectivity index (χ1n) is 7.10. The van der Waals surface area contributed by atoms with E-state index in [0.29, 0.717) is 0 Å². The van der Waals surface area contributed by atoms with Crippen LogP contribution in [0.3, 0.4) is 0 Å². The fourth-order valence-electron chi connectivity index (χ4n) is 3.10. The summed E-state index contributed by atoms with van der Waals surface area (Å²) in [4.78, 5) is 13.8. The molecular weight excluding hydrogens is 242 g/mol. The summed E-state index contributed by atoms with van der Waals surface area (Å²) in [6, 6.07) is 4.10. The molecule has 2 rings (SSSR count). The molecule has 1 N–H and O–H groups in total. The Labute approximate surface area is 114 Å². The number of hydrogen-bond acceptors (Lipinski definition) is 3. The van der Waals surface area contributed by atoms with Gasteiger partial charge in [0.15, 0.2) is 0 Å². The highest BCUT2D eigenvalue weighted by atomic mass is 16.4. The smallest absolute Gasteiger partial charge is 0.309 e. The molecule has 106 valence electrons. The van der Waals surface area contributed by atoms with Gasteiger partial charge in [0.1, 0.15) is 5.76 Å². The highest BCUT2D eigenvalue weighted by Crippen LogP contribution is 2.38. The molecule has 4 nitrogen and oxygen atoms in total. The quantitative estimate of drug-likeness (QED) is 0.887. The first kappa shape index (κ1) is 14.1. The molecule has 1 aliphatic rings. The lowest BCUT2D eigenvalue weighted by Crippen LogP contribution is -2.45. The van der Waals surface area contributed by atoms with Crippen LogP contribution in [0.2, 0.25) is 0 Å². The zero-order chi connectivity index (χ0) is 13.9. The molecular formula is C15H23NO3. The van der Waals surface area contributed by atoms with Gasteiger partial charge in [0.05, 0.1) is 17.7 Å². The van der Waals surface area contributed by atoms with E-state index in [1.54, 1.807) is 6.26 Å². The van der Waals surface area contributed by atoms with Gasteiger partial charge >= 0.3 is 5.97 Å². The van der Waals surface area contributed by atoms with Gasteiger partial charge in [-0.15, -0.1) is 0 Å². The van der Waals surface area contributed by atoms with Crippen molar-refractivity contribution < 1.29 is 14.3 Å². The van der Waals surface area contributed by atoms with Gasteiger partial charge in [-0.25, -0.2) is 0 Å². The third-order valence-electron chi connectivity index (χ3n) is 4.44. The van der Waals surface area contributed by atoms with Crippen molar-refractivity contribution in [3.8, 4) is 0 Å². The van der Waals surface area contributed by atoms with Crippen molar-refractivity contribution in [2.45, 2.75) is 45.6 Å². The van der Waals surface area contributed by atoms with Gasteiger partial charge < -0.3 is 9.52 Å².